The van der Waals surface area contributed by atoms with E-state index < -0.39 is 0 Å². The van der Waals surface area contributed by atoms with Gasteiger partial charge < -0.3 is 21.6 Å². The zero-order valence-corrected chi connectivity index (χ0v) is 11.1. The zero-order chi connectivity index (χ0) is 13.5. The van der Waals surface area contributed by atoms with Crippen LogP contribution in [-0.4, -0.2) is 35.1 Å². The Hall–Kier alpha value is -1.30. The standard InChI is InChI=1S/C11H24N4O2/c1-8(7-9(12)15-17)13-6-5-10(16)14-11(2,3)4/h8,13,17H,5-7H2,1-4H3,(H2,12,15)(H,14,16). The maximum Gasteiger partial charge on any atom is 0.221 e. The van der Waals surface area contributed by atoms with E-state index in [0.29, 0.717) is 19.4 Å². The van der Waals surface area contributed by atoms with Crippen molar-refractivity contribution in [1.82, 2.24) is 10.6 Å². The number of amidine groups is 1. The number of hydrogen-bond donors (Lipinski definition) is 4. The van der Waals surface area contributed by atoms with Gasteiger partial charge in [0, 0.05) is 31.0 Å². The van der Waals surface area contributed by atoms with Crippen LogP contribution in [0.4, 0.5) is 0 Å². The summed E-state index contributed by atoms with van der Waals surface area (Å²) in [6.07, 6.45) is 0.870. The lowest BCUT2D eigenvalue weighted by Gasteiger charge is -2.21. The molecule has 6 heteroatoms. The highest BCUT2D eigenvalue weighted by atomic mass is 16.4. The van der Waals surface area contributed by atoms with E-state index in [-0.39, 0.29) is 23.3 Å². The average molecular weight is 244 g/mol. The highest BCUT2D eigenvalue weighted by molar-refractivity contribution is 5.80. The Kier molecular flexibility index (Phi) is 6.57. The molecule has 0 aliphatic rings. The molecule has 0 aliphatic carbocycles. The summed E-state index contributed by atoms with van der Waals surface area (Å²) in [5.74, 6) is 0.199. The molecule has 0 aromatic carbocycles. The van der Waals surface area contributed by atoms with Crippen molar-refractivity contribution in [2.45, 2.75) is 52.1 Å². The number of amides is 1. The summed E-state index contributed by atoms with van der Waals surface area (Å²) < 4.78 is 0. The van der Waals surface area contributed by atoms with E-state index in [1.54, 1.807) is 0 Å². The van der Waals surface area contributed by atoms with Crippen LogP contribution in [0.15, 0.2) is 5.16 Å². The van der Waals surface area contributed by atoms with E-state index in [4.69, 9.17) is 10.9 Å². The third kappa shape index (κ3) is 9.62. The molecule has 1 unspecified atom stereocenters. The minimum Gasteiger partial charge on any atom is -0.409 e. The van der Waals surface area contributed by atoms with Crippen molar-refractivity contribution in [3.63, 3.8) is 0 Å². The molecular formula is C11H24N4O2. The molecule has 0 saturated carbocycles. The number of rotatable bonds is 6. The monoisotopic (exact) mass is 244 g/mol. The molecule has 0 heterocycles. The van der Waals surface area contributed by atoms with E-state index in [1.807, 2.05) is 27.7 Å². The minimum absolute atomic E-state index is 0.0148. The topological polar surface area (TPSA) is 99.7 Å². The molecule has 0 aromatic rings. The molecule has 1 atom stereocenters. The zero-order valence-electron chi connectivity index (χ0n) is 11.1. The molecular weight excluding hydrogens is 220 g/mol. The number of nitrogens with zero attached hydrogens (tertiary/aromatic N) is 1. The highest BCUT2D eigenvalue weighted by Gasteiger charge is 2.13. The van der Waals surface area contributed by atoms with Gasteiger partial charge in [0.05, 0.1) is 0 Å². The molecule has 5 N–H and O–H groups in total. The average Bonchev–Trinajstić information content (AvgIpc) is 2.14. The van der Waals surface area contributed by atoms with Crippen molar-refractivity contribution in [1.29, 1.82) is 0 Å². The Balaban J connectivity index is 3.73. The van der Waals surface area contributed by atoms with Crippen LogP contribution in [0.3, 0.4) is 0 Å². The first-order valence-corrected chi connectivity index (χ1v) is 5.75. The van der Waals surface area contributed by atoms with Gasteiger partial charge in [0.2, 0.25) is 5.91 Å². The van der Waals surface area contributed by atoms with Gasteiger partial charge in [-0.05, 0) is 27.7 Å². The van der Waals surface area contributed by atoms with Crippen molar-refractivity contribution < 1.29 is 10.0 Å². The van der Waals surface area contributed by atoms with E-state index >= 15 is 0 Å². The van der Waals surface area contributed by atoms with Gasteiger partial charge in [0.15, 0.2) is 0 Å². The fourth-order valence-corrected chi connectivity index (χ4v) is 1.34. The van der Waals surface area contributed by atoms with Crippen molar-refractivity contribution >= 4 is 11.7 Å². The van der Waals surface area contributed by atoms with Gasteiger partial charge in [-0.3, -0.25) is 4.79 Å². The normalized spacial score (nSPS) is 14.5. The fraction of sp³-hybridized carbons (Fsp3) is 0.818. The molecule has 0 saturated heterocycles. The maximum absolute atomic E-state index is 11.5. The Morgan fingerprint density at radius 1 is 1.47 bits per heavy atom. The van der Waals surface area contributed by atoms with Crippen LogP contribution in [0.2, 0.25) is 0 Å². The summed E-state index contributed by atoms with van der Waals surface area (Å²) in [5, 5.41) is 17.3. The summed E-state index contributed by atoms with van der Waals surface area (Å²) in [5.41, 5.74) is 5.17. The number of carbonyl (C=O) groups is 1. The van der Waals surface area contributed by atoms with E-state index in [9.17, 15) is 4.79 Å². The largest absolute Gasteiger partial charge is 0.409 e. The second kappa shape index (κ2) is 7.11. The van der Waals surface area contributed by atoms with Gasteiger partial charge in [0.1, 0.15) is 5.84 Å². The number of nitrogens with two attached hydrogens (primary N) is 1. The third-order valence-electron chi connectivity index (χ3n) is 2.00. The van der Waals surface area contributed by atoms with Crippen LogP contribution < -0.4 is 16.4 Å². The van der Waals surface area contributed by atoms with E-state index in [0.717, 1.165) is 0 Å². The molecule has 0 aromatic heterocycles. The van der Waals surface area contributed by atoms with Gasteiger partial charge >= 0.3 is 0 Å². The molecule has 0 fully saturated rings. The number of carbonyl (C=O) groups excluding carboxylic acids is 1. The minimum atomic E-state index is -0.198. The van der Waals surface area contributed by atoms with Gasteiger partial charge in [-0.15, -0.1) is 0 Å². The van der Waals surface area contributed by atoms with Crippen LogP contribution >= 0.6 is 0 Å². The van der Waals surface area contributed by atoms with Crippen LogP contribution in [-0.2, 0) is 4.79 Å². The summed E-state index contributed by atoms with van der Waals surface area (Å²) in [7, 11) is 0. The number of nitrogens with one attached hydrogen (secondary N) is 2. The van der Waals surface area contributed by atoms with Gasteiger partial charge in [0.25, 0.3) is 0 Å². The molecule has 17 heavy (non-hydrogen) atoms. The van der Waals surface area contributed by atoms with E-state index in [1.165, 1.54) is 0 Å². The van der Waals surface area contributed by atoms with Crippen molar-refractivity contribution in [3.05, 3.63) is 0 Å². The Morgan fingerprint density at radius 2 is 2.06 bits per heavy atom. The molecule has 100 valence electrons. The summed E-state index contributed by atoms with van der Waals surface area (Å²) in [6.45, 7) is 8.32. The molecule has 0 aliphatic heterocycles. The molecule has 0 spiro atoms. The number of oxime groups is 1. The Morgan fingerprint density at radius 3 is 2.53 bits per heavy atom. The van der Waals surface area contributed by atoms with E-state index in [2.05, 4.69) is 15.8 Å². The quantitative estimate of drug-likeness (QED) is 0.235. The summed E-state index contributed by atoms with van der Waals surface area (Å²) in [6, 6.07) is 0.0772. The molecule has 0 radical (unpaired) electrons. The predicted octanol–water partition coefficient (Wildman–Crippen LogP) is 0.406. The fourth-order valence-electron chi connectivity index (χ4n) is 1.34. The first kappa shape index (κ1) is 15.7. The lowest BCUT2D eigenvalue weighted by molar-refractivity contribution is -0.122. The SMILES string of the molecule is CC(CC(N)=NO)NCCC(=O)NC(C)(C)C. The highest BCUT2D eigenvalue weighted by Crippen LogP contribution is 1.99. The first-order valence-electron chi connectivity index (χ1n) is 5.75. The third-order valence-corrected chi connectivity index (χ3v) is 2.00. The van der Waals surface area contributed by atoms with Gasteiger partial charge in [-0.1, -0.05) is 5.16 Å². The van der Waals surface area contributed by atoms with Gasteiger partial charge in [-0.25, -0.2) is 0 Å². The van der Waals surface area contributed by atoms with Crippen molar-refractivity contribution in [2.24, 2.45) is 10.9 Å². The van der Waals surface area contributed by atoms with Crippen LogP contribution in [0.25, 0.3) is 0 Å². The van der Waals surface area contributed by atoms with Crippen LogP contribution in [0.5, 0.6) is 0 Å². The van der Waals surface area contributed by atoms with Gasteiger partial charge in [-0.2, -0.15) is 0 Å². The summed E-state index contributed by atoms with van der Waals surface area (Å²) in [4.78, 5) is 11.5. The second-order valence-corrected chi connectivity index (χ2v) is 5.20. The molecule has 0 bridgehead atoms. The maximum atomic E-state index is 11.5. The second-order valence-electron chi connectivity index (χ2n) is 5.20. The molecule has 6 nitrogen and oxygen atoms in total. The lowest BCUT2D eigenvalue weighted by Crippen LogP contribution is -2.42. The smallest absolute Gasteiger partial charge is 0.221 e. The number of hydrogen-bond acceptors (Lipinski definition) is 4. The van der Waals surface area contributed by atoms with Crippen molar-refractivity contribution in [3.8, 4) is 0 Å². The molecule has 1 amide bonds. The lowest BCUT2D eigenvalue weighted by atomic mass is 10.1. The first-order chi connectivity index (χ1) is 7.74. The van der Waals surface area contributed by atoms with Crippen molar-refractivity contribution in [2.75, 3.05) is 6.54 Å². The summed E-state index contributed by atoms with van der Waals surface area (Å²) >= 11 is 0. The van der Waals surface area contributed by atoms with Crippen LogP contribution in [0, 0.1) is 0 Å². The Bertz CT molecular complexity index is 271. The molecule has 0 rings (SSSR count). The predicted molar refractivity (Wildman–Crippen MR) is 68.0 cm³/mol. The van der Waals surface area contributed by atoms with Crippen LogP contribution in [0.1, 0.15) is 40.5 Å². The Labute approximate surface area is 103 Å².